The van der Waals surface area contributed by atoms with E-state index in [9.17, 15) is 9.59 Å². The fraction of sp³-hybridized carbons (Fsp3) is 0.167. The van der Waals surface area contributed by atoms with Crippen molar-refractivity contribution in [3.8, 4) is 22.4 Å². The van der Waals surface area contributed by atoms with Gasteiger partial charge in [0, 0.05) is 29.5 Å². The van der Waals surface area contributed by atoms with E-state index in [0.717, 1.165) is 22.4 Å². The van der Waals surface area contributed by atoms with Crippen molar-refractivity contribution in [3.05, 3.63) is 78.2 Å². The van der Waals surface area contributed by atoms with Gasteiger partial charge in [0.05, 0.1) is 11.3 Å². The normalized spacial score (nSPS) is 11.1. The lowest BCUT2D eigenvalue weighted by molar-refractivity contribution is -0.120. The van der Waals surface area contributed by atoms with Crippen molar-refractivity contribution in [1.29, 1.82) is 0 Å². The van der Waals surface area contributed by atoms with Gasteiger partial charge in [0.1, 0.15) is 5.54 Å². The second-order valence-corrected chi connectivity index (χ2v) is 8.85. The number of amides is 2. The Hall–Kier alpha value is -3.72. The topological polar surface area (TPSA) is 88.9 Å². The fourth-order valence-electron chi connectivity index (χ4n) is 3.24. The number of nitrogens with zero attached hydrogens (tertiary/aromatic N) is 3. The molecule has 1 aromatic carbocycles. The van der Waals surface area contributed by atoms with Crippen LogP contribution in [-0.4, -0.2) is 39.2 Å². The van der Waals surface area contributed by atoms with Gasteiger partial charge in [0.2, 0.25) is 7.41 Å². The number of anilines is 1. The van der Waals surface area contributed by atoms with Crippen LogP contribution in [-0.2, 0) is 4.79 Å². The first-order valence-corrected chi connectivity index (χ1v) is 11.3. The molecule has 4 rings (SSSR count). The Kier molecular flexibility index (Phi) is 6.41. The lowest BCUT2D eigenvalue weighted by atomic mass is 10.0. The molecule has 0 aliphatic carbocycles. The third kappa shape index (κ3) is 5.20. The molecule has 7 nitrogen and oxygen atoms in total. The maximum absolute atomic E-state index is 12.9. The van der Waals surface area contributed by atoms with Crippen LogP contribution in [0.15, 0.2) is 72.6 Å². The summed E-state index contributed by atoms with van der Waals surface area (Å²) in [5.74, 6) is -0.660. The lowest BCUT2D eigenvalue weighted by Crippen LogP contribution is -2.52. The van der Waals surface area contributed by atoms with E-state index in [0.29, 0.717) is 10.7 Å². The molecule has 0 bridgehead atoms. The number of aromatic nitrogens is 3. The van der Waals surface area contributed by atoms with Gasteiger partial charge in [-0.25, -0.2) is 4.98 Å². The van der Waals surface area contributed by atoms with Gasteiger partial charge in [-0.15, -0.1) is 11.3 Å². The number of thiazole rings is 1. The highest BCUT2D eigenvalue weighted by Crippen LogP contribution is 2.29. The van der Waals surface area contributed by atoms with Crippen LogP contribution in [0.4, 0.5) is 5.13 Å². The molecule has 3 heterocycles. The van der Waals surface area contributed by atoms with Gasteiger partial charge in [-0.3, -0.25) is 19.9 Å². The van der Waals surface area contributed by atoms with Crippen LogP contribution in [0.25, 0.3) is 22.4 Å². The summed E-state index contributed by atoms with van der Waals surface area (Å²) in [6, 6.07) is 13.7. The van der Waals surface area contributed by atoms with Crippen molar-refractivity contribution in [3.63, 3.8) is 0 Å². The van der Waals surface area contributed by atoms with E-state index in [1.54, 1.807) is 49.2 Å². The number of rotatable bonds is 7. The average Bonchev–Trinajstić information content (AvgIpc) is 3.49. The highest BCUT2D eigenvalue weighted by molar-refractivity contribution is 7.14. The molecular weight excluding hydrogens is 433 g/mol. The highest BCUT2D eigenvalue weighted by atomic mass is 32.1. The maximum atomic E-state index is 12.9. The van der Waals surface area contributed by atoms with Crippen molar-refractivity contribution in [2.45, 2.75) is 26.2 Å². The molecule has 0 saturated carbocycles. The van der Waals surface area contributed by atoms with Crippen molar-refractivity contribution in [1.82, 2.24) is 19.8 Å². The van der Waals surface area contributed by atoms with Gasteiger partial charge in [-0.1, -0.05) is 25.0 Å². The lowest BCUT2D eigenvalue weighted by Gasteiger charge is -2.24. The first kappa shape index (κ1) is 22.5. The molecule has 4 aromatic rings. The van der Waals surface area contributed by atoms with Crippen LogP contribution in [0.2, 0.25) is 6.82 Å². The number of pyridine rings is 1. The first-order valence-electron chi connectivity index (χ1n) is 10.4. The number of carbonyl (C=O) groups excluding carboxylic acids is 2. The molecule has 0 aliphatic rings. The molecule has 1 radical (unpaired) electrons. The Bertz CT molecular complexity index is 1280. The third-order valence-corrected chi connectivity index (χ3v) is 5.92. The molecule has 0 spiro atoms. The van der Waals surface area contributed by atoms with Gasteiger partial charge in [0.15, 0.2) is 5.13 Å². The molecule has 0 fully saturated rings. The van der Waals surface area contributed by atoms with Crippen LogP contribution < -0.4 is 10.6 Å². The van der Waals surface area contributed by atoms with Crippen LogP contribution in [0.5, 0.6) is 0 Å². The van der Waals surface area contributed by atoms with E-state index in [-0.39, 0.29) is 11.8 Å². The monoisotopic (exact) mass is 456 g/mol. The summed E-state index contributed by atoms with van der Waals surface area (Å²) in [7, 11) is 1.83. The zero-order valence-corrected chi connectivity index (χ0v) is 19.4. The Morgan fingerprint density at radius 1 is 1.06 bits per heavy atom. The van der Waals surface area contributed by atoms with Crippen molar-refractivity contribution in [2.75, 3.05) is 5.32 Å². The van der Waals surface area contributed by atoms with Crippen LogP contribution in [0, 0.1) is 0 Å². The number of benzene rings is 1. The van der Waals surface area contributed by atoms with E-state index in [4.69, 9.17) is 0 Å². The van der Waals surface area contributed by atoms with Gasteiger partial charge >= 0.3 is 0 Å². The molecule has 165 valence electrons. The zero-order chi connectivity index (χ0) is 23.4. The van der Waals surface area contributed by atoms with Crippen molar-refractivity contribution in [2.24, 2.45) is 0 Å². The molecular formula is C24H23BN5O2S. The van der Waals surface area contributed by atoms with E-state index in [2.05, 4.69) is 26.7 Å². The standard InChI is InChI=1S/C24H23BN5O2S/c1-24(2,29-21(31)19-9-12-30(14-19)25-3)22(32)28-23-27-20(15-33-23)18-6-4-5-17(13-18)16-7-10-26-11-8-16/h4-15H,1-3H3,(H,29,31)(H,27,28,32). The molecule has 2 amide bonds. The predicted octanol–water partition coefficient (Wildman–Crippen LogP) is 4.34. The summed E-state index contributed by atoms with van der Waals surface area (Å²) in [6.45, 7) is 5.20. The molecule has 0 saturated heterocycles. The van der Waals surface area contributed by atoms with E-state index >= 15 is 0 Å². The van der Waals surface area contributed by atoms with E-state index in [1.165, 1.54) is 11.3 Å². The Balaban J connectivity index is 1.44. The molecule has 33 heavy (non-hydrogen) atoms. The van der Waals surface area contributed by atoms with Crippen molar-refractivity contribution >= 4 is 35.7 Å². The maximum Gasteiger partial charge on any atom is 0.253 e. The minimum atomic E-state index is -1.12. The summed E-state index contributed by atoms with van der Waals surface area (Å²) in [5, 5.41) is 7.98. The summed E-state index contributed by atoms with van der Waals surface area (Å²) in [6.07, 6.45) is 7.01. The molecule has 3 aromatic heterocycles. The molecule has 0 unspecified atom stereocenters. The van der Waals surface area contributed by atoms with Gasteiger partial charge < -0.3 is 9.79 Å². The summed E-state index contributed by atoms with van der Waals surface area (Å²) < 4.78 is 1.78. The summed E-state index contributed by atoms with van der Waals surface area (Å²) >= 11 is 1.34. The zero-order valence-electron chi connectivity index (χ0n) is 18.6. The van der Waals surface area contributed by atoms with Crippen LogP contribution in [0.1, 0.15) is 24.2 Å². The Labute approximate surface area is 197 Å². The van der Waals surface area contributed by atoms with Crippen LogP contribution in [0.3, 0.4) is 0 Å². The number of hydrogen-bond donors (Lipinski definition) is 2. The number of hydrogen-bond acceptors (Lipinski definition) is 5. The molecule has 0 atom stereocenters. The quantitative estimate of drug-likeness (QED) is 0.405. The van der Waals surface area contributed by atoms with Gasteiger partial charge in [-0.05, 0) is 55.4 Å². The predicted molar refractivity (Wildman–Crippen MR) is 132 cm³/mol. The van der Waals surface area contributed by atoms with E-state index in [1.807, 2.05) is 49.9 Å². The SMILES string of the molecule is C[B]n1ccc(C(=O)NC(C)(C)C(=O)Nc2nc(-c3cccc(-c4ccncc4)c3)cs2)c1. The number of nitrogens with one attached hydrogen (secondary N) is 2. The van der Waals surface area contributed by atoms with Gasteiger partial charge in [-0.2, -0.15) is 0 Å². The second-order valence-electron chi connectivity index (χ2n) is 7.99. The summed E-state index contributed by atoms with van der Waals surface area (Å²) in [4.78, 5) is 34.1. The highest BCUT2D eigenvalue weighted by Gasteiger charge is 2.30. The smallest absolute Gasteiger partial charge is 0.253 e. The minimum absolute atomic E-state index is 0.316. The number of carbonyl (C=O) groups is 2. The summed E-state index contributed by atoms with van der Waals surface area (Å²) in [5.41, 5.74) is 3.21. The fourth-order valence-corrected chi connectivity index (χ4v) is 3.95. The second kappa shape index (κ2) is 9.42. The molecule has 0 aliphatic heterocycles. The average molecular weight is 456 g/mol. The largest absolute Gasteiger partial charge is 0.402 e. The third-order valence-electron chi connectivity index (χ3n) is 5.17. The Morgan fingerprint density at radius 3 is 2.55 bits per heavy atom. The minimum Gasteiger partial charge on any atom is -0.402 e. The molecule has 2 N–H and O–H groups in total. The van der Waals surface area contributed by atoms with E-state index < -0.39 is 5.54 Å². The van der Waals surface area contributed by atoms with Crippen molar-refractivity contribution < 1.29 is 9.59 Å². The molecule has 9 heteroatoms. The van der Waals surface area contributed by atoms with Gasteiger partial charge in [0.25, 0.3) is 11.8 Å². The first-order chi connectivity index (χ1) is 15.9. The Morgan fingerprint density at radius 2 is 1.82 bits per heavy atom. The van der Waals surface area contributed by atoms with Crippen LogP contribution >= 0.6 is 11.3 Å².